The molecule has 1 N–H and O–H groups in total. The second kappa shape index (κ2) is 4.92. The molecule has 1 aromatic heterocycles. The first kappa shape index (κ1) is 12.0. The van der Waals surface area contributed by atoms with Crippen LogP contribution >= 0.6 is 11.3 Å². The third-order valence-electron chi connectivity index (χ3n) is 4.36. The van der Waals surface area contributed by atoms with Crippen LogP contribution < -0.4 is 5.32 Å². The van der Waals surface area contributed by atoms with Crippen molar-refractivity contribution >= 4 is 17.3 Å². The van der Waals surface area contributed by atoms with Crippen molar-refractivity contribution in [2.45, 2.75) is 32.2 Å². The van der Waals surface area contributed by atoms with Gasteiger partial charge in [0.05, 0.1) is 6.54 Å². The van der Waals surface area contributed by atoms with E-state index in [-0.39, 0.29) is 0 Å². The van der Waals surface area contributed by atoms with Crippen molar-refractivity contribution in [3.05, 3.63) is 22.4 Å². The van der Waals surface area contributed by atoms with E-state index in [4.69, 9.17) is 0 Å². The summed E-state index contributed by atoms with van der Waals surface area (Å²) in [6.07, 6.45) is 5.62. The maximum absolute atomic E-state index is 4.43. The molecule has 1 saturated heterocycles. The molecule has 1 aliphatic carbocycles. The van der Waals surface area contributed by atoms with E-state index in [1.54, 1.807) is 11.3 Å². The number of guanidine groups is 1. The normalized spacial score (nSPS) is 22.3. The highest BCUT2D eigenvalue weighted by Crippen LogP contribution is 2.47. The number of likely N-dealkylation sites (tertiary alicyclic amines) is 1. The van der Waals surface area contributed by atoms with Gasteiger partial charge in [0.1, 0.15) is 0 Å². The summed E-state index contributed by atoms with van der Waals surface area (Å²) in [5.41, 5.74) is 0.639. The van der Waals surface area contributed by atoms with Crippen molar-refractivity contribution < 1.29 is 0 Å². The summed E-state index contributed by atoms with van der Waals surface area (Å²) < 4.78 is 0. The predicted molar refractivity (Wildman–Crippen MR) is 77.0 cm³/mol. The van der Waals surface area contributed by atoms with Crippen LogP contribution in [0.3, 0.4) is 0 Å². The van der Waals surface area contributed by atoms with Gasteiger partial charge in [-0.05, 0) is 36.1 Å². The van der Waals surface area contributed by atoms with E-state index in [1.807, 2.05) is 7.05 Å². The predicted octanol–water partition coefficient (Wildman–Crippen LogP) is 2.70. The van der Waals surface area contributed by atoms with E-state index < -0.39 is 0 Å². The Balaban J connectivity index is 1.56. The minimum atomic E-state index is 0.639. The van der Waals surface area contributed by atoms with E-state index in [0.29, 0.717) is 5.41 Å². The van der Waals surface area contributed by atoms with Crippen LogP contribution in [0.25, 0.3) is 0 Å². The summed E-state index contributed by atoms with van der Waals surface area (Å²) in [6.45, 7) is 3.27. The molecule has 4 heteroatoms. The zero-order valence-electron chi connectivity index (χ0n) is 11.0. The first-order chi connectivity index (χ1) is 8.81. The SMILES string of the molecule is CN=C(NCc1cccs1)N1CCC2(CCC2)C1. The first-order valence-corrected chi connectivity index (χ1v) is 7.67. The fourth-order valence-electron chi connectivity index (χ4n) is 3.11. The summed E-state index contributed by atoms with van der Waals surface area (Å²) in [5.74, 6) is 1.08. The van der Waals surface area contributed by atoms with Gasteiger partial charge in [-0.15, -0.1) is 11.3 Å². The van der Waals surface area contributed by atoms with Gasteiger partial charge >= 0.3 is 0 Å². The van der Waals surface area contributed by atoms with Crippen LogP contribution in [0.4, 0.5) is 0 Å². The zero-order chi connectivity index (χ0) is 12.4. The third-order valence-corrected chi connectivity index (χ3v) is 5.24. The minimum absolute atomic E-state index is 0.639. The maximum Gasteiger partial charge on any atom is 0.193 e. The van der Waals surface area contributed by atoms with E-state index >= 15 is 0 Å². The van der Waals surface area contributed by atoms with Gasteiger partial charge in [0.2, 0.25) is 0 Å². The standard InChI is InChI=1S/C14H21N3S/c1-15-13(16-10-12-4-2-9-18-12)17-8-7-14(11-17)5-3-6-14/h2,4,9H,3,5-8,10-11H2,1H3,(H,15,16). The highest BCUT2D eigenvalue weighted by atomic mass is 32.1. The van der Waals surface area contributed by atoms with Crippen LogP contribution in [0.5, 0.6) is 0 Å². The van der Waals surface area contributed by atoms with Crippen LogP contribution in [0.1, 0.15) is 30.6 Å². The average Bonchev–Trinajstić information content (AvgIpc) is 2.97. The Bertz CT molecular complexity index is 420. The van der Waals surface area contributed by atoms with Gasteiger partial charge in [-0.2, -0.15) is 0 Å². The van der Waals surface area contributed by atoms with Crippen LogP contribution in [0.2, 0.25) is 0 Å². The van der Waals surface area contributed by atoms with Gasteiger partial charge in [0.15, 0.2) is 5.96 Å². The van der Waals surface area contributed by atoms with Gasteiger partial charge < -0.3 is 10.2 Å². The Hall–Kier alpha value is -1.03. The molecule has 1 aromatic rings. The van der Waals surface area contributed by atoms with Gasteiger partial charge in [-0.25, -0.2) is 0 Å². The van der Waals surface area contributed by atoms with Crippen molar-refractivity contribution in [1.82, 2.24) is 10.2 Å². The van der Waals surface area contributed by atoms with Gasteiger partial charge in [0, 0.05) is 25.0 Å². The molecule has 0 aromatic carbocycles. The highest BCUT2D eigenvalue weighted by molar-refractivity contribution is 7.09. The molecule has 98 valence electrons. The van der Waals surface area contributed by atoms with E-state index in [1.165, 1.54) is 43.6 Å². The number of hydrogen-bond donors (Lipinski definition) is 1. The molecule has 0 atom stereocenters. The number of rotatable bonds is 2. The monoisotopic (exact) mass is 263 g/mol. The van der Waals surface area contributed by atoms with Gasteiger partial charge in [-0.3, -0.25) is 4.99 Å². The van der Waals surface area contributed by atoms with Gasteiger partial charge in [0.25, 0.3) is 0 Å². The Labute approximate surface area is 113 Å². The van der Waals surface area contributed by atoms with E-state index in [0.717, 1.165) is 12.5 Å². The summed E-state index contributed by atoms with van der Waals surface area (Å²) in [7, 11) is 1.89. The molecule has 0 radical (unpaired) electrons. The molecule has 18 heavy (non-hydrogen) atoms. The number of aliphatic imine (C=N–C) groups is 1. The molecule has 2 aliphatic rings. The summed E-state index contributed by atoms with van der Waals surface area (Å²) in [4.78, 5) is 8.24. The third kappa shape index (κ3) is 2.26. The Morgan fingerprint density at radius 3 is 2.94 bits per heavy atom. The van der Waals surface area contributed by atoms with Crippen LogP contribution in [-0.2, 0) is 6.54 Å². The molecule has 2 heterocycles. The van der Waals surface area contributed by atoms with Crippen LogP contribution in [-0.4, -0.2) is 31.0 Å². The minimum Gasteiger partial charge on any atom is -0.351 e. The van der Waals surface area contributed by atoms with E-state index in [2.05, 4.69) is 32.7 Å². The fraction of sp³-hybridized carbons (Fsp3) is 0.643. The molecule has 3 nitrogen and oxygen atoms in total. The number of nitrogens with one attached hydrogen (secondary N) is 1. The second-order valence-electron chi connectivity index (χ2n) is 5.51. The number of hydrogen-bond acceptors (Lipinski definition) is 2. The number of nitrogens with zero attached hydrogens (tertiary/aromatic N) is 2. The second-order valence-corrected chi connectivity index (χ2v) is 6.54. The lowest BCUT2D eigenvalue weighted by Gasteiger charge is -2.38. The number of thiophene rings is 1. The molecule has 1 aliphatic heterocycles. The lowest BCUT2D eigenvalue weighted by molar-refractivity contribution is 0.151. The maximum atomic E-state index is 4.43. The average molecular weight is 263 g/mol. The Kier molecular flexibility index (Phi) is 3.29. The molecule has 3 rings (SSSR count). The molecule has 1 spiro atoms. The quantitative estimate of drug-likeness (QED) is 0.656. The lowest BCUT2D eigenvalue weighted by atomic mass is 9.68. The molecule has 0 bridgehead atoms. The van der Waals surface area contributed by atoms with Crippen LogP contribution in [0, 0.1) is 5.41 Å². The molecule has 0 unspecified atom stereocenters. The molecule has 1 saturated carbocycles. The molecular formula is C14H21N3S. The van der Waals surface area contributed by atoms with E-state index in [9.17, 15) is 0 Å². The summed E-state index contributed by atoms with van der Waals surface area (Å²) in [5, 5.41) is 5.61. The first-order valence-electron chi connectivity index (χ1n) is 6.79. The molecule has 2 fully saturated rings. The van der Waals surface area contributed by atoms with Crippen molar-refractivity contribution in [2.75, 3.05) is 20.1 Å². The van der Waals surface area contributed by atoms with Gasteiger partial charge in [-0.1, -0.05) is 12.5 Å². The van der Waals surface area contributed by atoms with Crippen molar-refractivity contribution in [3.8, 4) is 0 Å². The molecular weight excluding hydrogens is 242 g/mol. The Morgan fingerprint density at radius 1 is 1.50 bits per heavy atom. The smallest absolute Gasteiger partial charge is 0.193 e. The summed E-state index contributed by atoms with van der Waals surface area (Å²) in [6, 6.07) is 4.27. The lowest BCUT2D eigenvalue weighted by Crippen LogP contribution is -2.42. The topological polar surface area (TPSA) is 27.6 Å². The summed E-state index contributed by atoms with van der Waals surface area (Å²) >= 11 is 1.80. The van der Waals surface area contributed by atoms with Crippen molar-refractivity contribution in [3.63, 3.8) is 0 Å². The Morgan fingerprint density at radius 2 is 2.39 bits per heavy atom. The van der Waals surface area contributed by atoms with Crippen molar-refractivity contribution in [2.24, 2.45) is 10.4 Å². The van der Waals surface area contributed by atoms with Crippen LogP contribution in [0.15, 0.2) is 22.5 Å². The molecule has 0 amide bonds. The fourth-order valence-corrected chi connectivity index (χ4v) is 3.76. The highest BCUT2D eigenvalue weighted by Gasteiger charge is 2.43. The zero-order valence-corrected chi connectivity index (χ0v) is 11.8. The largest absolute Gasteiger partial charge is 0.351 e. The van der Waals surface area contributed by atoms with Crippen molar-refractivity contribution in [1.29, 1.82) is 0 Å².